The van der Waals surface area contributed by atoms with Gasteiger partial charge in [-0.3, -0.25) is 9.48 Å². The van der Waals surface area contributed by atoms with Crippen LogP contribution in [0.4, 0.5) is 24.8 Å². The highest BCUT2D eigenvalue weighted by atomic mass is 19.4. The molecule has 1 N–H and O–H groups in total. The van der Waals surface area contributed by atoms with Crippen LogP contribution in [-0.4, -0.2) is 38.0 Å². The fraction of sp³-hybridized carbons (Fsp3) is 0.316. The van der Waals surface area contributed by atoms with Gasteiger partial charge in [-0.15, -0.1) is 5.10 Å². The largest absolute Gasteiger partial charge is 0.469 e. The summed E-state index contributed by atoms with van der Waals surface area (Å²) < 4.78 is 44.9. The molecule has 0 aliphatic rings. The Morgan fingerprint density at radius 1 is 1.23 bits per heavy atom. The number of aromatic nitrogens is 5. The van der Waals surface area contributed by atoms with E-state index in [1.807, 2.05) is 6.92 Å². The zero-order valence-electron chi connectivity index (χ0n) is 16.4. The number of halogens is 3. The maximum atomic E-state index is 12.9. The predicted octanol–water partition coefficient (Wildman–Crippen LogP) is 3.62. The standard InChI is InChI=1S/C19H19F3N6O2/c1-11-6-14(15-10-28(27-26-15)9-12(2)18(29)30-3)24-17(7-11)25-16-8-13(4-5-23-16)19(20,21)22/h4-8,10,12H,9H2,1-3H3,(H,23,24,25)/t12-/m0/s1. The molecule has 0 aliphatic heterocycles. The van der Waals surface area contributed by atoms with Crippen LogP contribution in [0.2, 0.25) is 0 Å². The molecule has 0 aromatic carbocycles. The minimum atomic E-state index is -4.47. The monoisotopic (exact) mass is 420 g/mol. The van der Waals surface area contributed by atoms with Crippen molar-refractivity contribution in [3.05, 3.63) is 47.8 Å². The molecule has 30 heavy (non-hydrogen) atoms. The van der Waals surface area contributed by atoms with Crippen molar-refractivity contribution in [3.8, 4) is 11.4 Å². The number of hydrogen-bond acceptors (Lipinski definition) is 7. The van der Waals surface area contributed by atoms with Gasteiger partial charge in [0.15, 0.2) is 0 Å². The molecule has 158 valence electrons. The number of alkyl halides is 3. The molecule has 1 atom stereocenters. The molecule has 0 unspecified atom stereocenters. The highest BCUT2D eigenvalue weighted by molar-refractivity contribution is 5.71. The number of ether oxygens (including phenoxy) is 1. The number of hydrogen-bond donors (Lipinski definition) is 1. The molecule has 11 heteroatoms. The number of rotatable bonds is 6. The molecule has 0 saturated carbocycles. The van der Waals surface area contributed by atoms with Crippen LogP contribution in [0, 0.1) is 12.8 Å². The van der Waals surface area contributed by atoms with E-state index in [0.29, 0.717) is 17.2 Å². The van der Waals surface area contributed by atoms with Gasteiger partial charge in [-0.25, -0.2) is 9.97 Å². The lowest BCUT2D eigenvalue weighted by atomic mass is 10.2. The SMILES string of the molecule is COC(=O)[C@@H](C)Cn1cc(-c2cc(C)cc(Nc3cc(C(F)(F)F)ccn3)n2)nn1. The summed E-state index contributed by atoms with van der Waals surface area (Å²) in [4.78, 5) is 19.9. The topological polar surface area (TPSA) is 94.8 Å². The van der Waals surface area contributed by atoms with Gasteiger partial charge in [-0.05, 0) is 36.8 Å². The Bertz CT molecular complexity index is 1050. The van der Waals surface area contributed by atoms with Crippen molar-refractivity contribution < 1.29 is 22.7 Å². The van der Waals surface area contributed by atoms with Gasteiger partial charge in [0, 0.05) is 6.20 Å². The van der Waals surface area contributed by atoms with Gasteiger partial charge < -0.3 is 10.1 Å². The predicted molar refractivity (Wildman–Crippen MR) is 102 cm³/mol. The van der Waals surface area contributed by atoms with Gasteiger partial charge in [0.25, 0.3) is 0 Å². The molecule has 0 saturated heterocycles. The summed E-state index contributed by atoms with van der Waals surface area (Å²) in [7, 11) is 1.32. The van der Waals surface area contributed by atoms with Crippen LogP contribution >= 0.6 is 0 Å². The minimum Gasteiger partial charge on any atom is -0.469 e. The molecule has 3 aromatic heterocycles. The molecule has 0 radical (unpaired) electrons. The van der Waals surface area contributed by atoms with E-state index in [-0.39, 0.29) is 18.3 Å². The molecule has 0 aliphatic carbocycles. The summed E-state index contributed by atoms with van der Waals surface area (Å²) in [5, 5.41) is 10.8. The molecular formula is C19H19F3N6O2. The first-order valence-corrected chi connectivity index (χ1v) is 8.93. The number of pyridine rings is 2. The van der Waals surface area contributed by atoms with Crippen LogP contribution in [0.25, 0.3) is 11.4 Å². The average Bonchev–Trinajstić information content (AvgIpc) is 3.15. The van der Waals surface area contributed by atoms with Gasteiger partial charge in [-0.2, -0.15) is 13.2 Å². The van der Waals surface area contributed by atoms with E-state index in [0.717, 1.165) is 23.9 Å². The summed E-state index contributed by atoms with van der Waals surface area (Å²) in [6.45, 7) is 3.81. The second kappa shape index (κ2) is 8.47. The van der Waals surface area contributed by atoms with Gasteiger partial charge in [0.1, 0.15) is 17.3 Å². The van der Waals surface area contributed by atoms with E-state index in [1.165, 1.54) is 11.8 Å². The number of aryl methyl sites for hydroxylation is 1. The third-order valence-electron chi connectivity index (χ3n) is 4.18. The van der Waals surface area contributed by atoms with Gasteiger partial charge in [0.2, 0.25) is 0 Å². The van der Waals surface area contributed by atoms with Crippen molar-refractivity contribution in [1.82, 2.24) is 25.0 Å². The molecule has 0 amide bonds. The van der Waals surface area contributed by atoms with E-state index in [4.69, 9.17) is 4.74 Å². The third-order valence-corrected chi connectivity index (χ3v) is 4.18. The molecule has 0 bridgehead atoms. The number of esters is 1. The van der Waals surface area contributed by atoms with Crippen molar-refractivity contribution >= 4 is 17.6 Å². The lowest BCUT2D eigenvalue weighted by Crippen LogP contribution is -2.19. The van der Waals surface area contributed by atoms with Gasteiger partial charge in [-0.1, -0.05) is 12.1 Å². The van der Waals surface area contributed by atoms with Crippen LogP contribution in [0.3, 0.4) is 0 Å². The Balaban J connectivity index is 1.82. The summed E-state index contributed by atoms with van der Waals surface area (Å²) in [5.74, 6) is -0.432. The molecule has 8 nitrogen and oxygen atoms in total. The van der Waals surface area contributed by atoms with E-state index >= 15 is 0 Å². The number of nitrogens with zero attached hydrogens (tertiary/aromatic N) is 5. The van der Waals surface area contributed by atoms with Crippen molar-refractivity contribution in [3.63, 3.8) is 0 Å². The zero-order valence-corrected chi connectivity index (χ0v) is 16.4. The Kier molecular flexibility index (Phi) is 5.99. The van der Waals surface area contributed by atoms with Crippen LogP contribution in [0.5, 0.6) is 0 Å². The lowest BCUT2D eigenvalue weighted by molar-refractivity contribution is -0.145. The highest BCUT2D eigenvalue weighted by Crippen LogP contribution is 2.30. The summed E-state index contributed by atoms with van der Waals surface area (Å²) in [5.41, 5.74) is 0.930. The summed E-state index contributed by atoms with van der Waals surface area (Å²) in [6.07, 6.45) is -1.76. The van der Waals surface area contributed by atoms with Crippen molar-refractivity contribution in [2.24, 2.45) is 5.92 Å². The Morgan fingerprint density at radius 2 is 2.00 bits per heavy atom. The lowest BCUT2D eigenvalue weighted by Gasteiger charge is -2.10. The van der Waals surface area contributed by atoms with E-state index in [1.54, 1.807) is 25.3 Å². The number of methoxy groups -OCH3 is 1. The molecular weight excluding hydrogens is 401 g/mol. The summed E-state index contributed by atoms with van der Waals surface area (Å²) in [6, 6.07) is 5.25. The second-order valence-electron chi connectivity index (χ2n) is 6.72. The van der Waals surface area contributed by atoms with E-state index in [2.05, 4.69) is 25.6 Å². The Hall–Kier alpha value is -3.50. The van der Waals surface area contributed by atoms with Crippen molar-refractivity contribution in [1.29, 1.82) is 0 Å². The minimum absolute atomic E-state index is 0.0180. The molecule has 0 spiro atoms. The maximum absolute atomic E-state index is 12.9. The van der Waals surface area contributed by atoms with Crippen LogP contribution in [0.15, 0.2) is 36.7 Å². The molecule has 3 aromatic rings. The quantitative estimate of drug-likeness (QED) is 0.609. The number of carbonyl (C=O) groups is 1. The average molecular weight is 420 g/mol. The van der Waals surface area contributed by atoms with Gasteiger partial charge in [0.05, 0.1) is 37.0 Å². The first-order valence-electron chi connectivity index (χ1n) is 8.93. The normalized spacial score (nSPS) is 12.5. The zero-order chi connectivity index (χ0) is 21.9. The molecule has 0 fully saturated rings. The Morgan fingerprint density at radius 3 is 2.70 bits per heavy atom. The first-order chi connectivity index (χ1) is 14.2. The van der Waals surface area contributed by atoms with Gasteiger partial charge >= 0.3 is 12.1 Å². The smallest absolute Gasteiger partial charge is 0.416 e. The number of nitrogens with one attached hydrogen (secondary N) is 1. The van der Waals surface area contributed by atoms with Crippen molar-refractivity contribution in [2.75, 3.05) is 12.4 Å². The molecule has 3 rings (SSSR count). The van der Waals surface area contributed by atoms with Crippen LogP contribution in [-0.2, 0) is 22.3 Å². The maximum Gasteiger partial charge on any atom is 0.416 e. The van der Waals surface area contributed by atoms with Crippen molar-refractivity contribution in [2.45, 2.75) is 26.6 Å². The van der Waals surface area contributed by atoms with Crippen LogP contribution in [0.1, 0.15) is 18.1 Å². The fourth-order valence-corrected chi connectivity index (χ4v) is 2.73. The summed E-state index contributed by atoms with van der Waals surface area (Å²) >= 11 is 0. The fourth-order valence-electron chi connectivity index (χ4n) is 2.73. The molecule has 3 heterocycles. The Labute approximate surface area is 170 Å². The van der Waals surface area contributed by atoms with E-state index < -0.39 is 17.7 Å². The second-order valence-corrected chi connectivity index (χ2v) is 6.72. The first kappa shape index (κ1) is 21.2. The highest BCUT2D eigenvalue weighted by Gasteiger charge is 2.30. The van der Waals surface area contributed by atoms with E-state index in [9.17, 15) is 18.0 Å². The number of carbonyl (C=O) groups excluding carboxylic acids is 1. The third kappa shape index (κ3) is 5.10. The van der Waals surface area contributed by atoms with Crippen LogP contribution < -0.4 is 5.32 Å². The number of anilines is 2.